The molecule has 2 heteroatoms. The molecule has 0 amide bonds. The summed E-state index contributed by atoms with van der Waals surface area (Å²) in [5, 5.41) is 3.85. The van der Waals surface area contributed by atoms with Crippen LogP contribution in [0.4, 0.5) is 5.69 Å². The lowest BCUT2D eigenvalue weighted by Crippen LogP contribution is -2.24. The van der Waals surface area contributed by atoms with Crippen molar-refractivity contribution in [2.45, 2.75) is 51.1 Å². The molecule has 0 aromatic heterocycles. The summed E-state index contributed by atoms with van der Waals surface area (Å²) in [6.07, 6.45) is 8.54. The molecule has 2 saturated carbocycles. The quantitative estimate of drug-likeness (QED) is 0.844. The highest BCUT2D eigenvalue weighted by molar-refractivity contribution is 5.47. The molecule has 20 heavy (non-hydrogen) atoms. The molecular weight excluding hydrogens is 244 g/mol. The number of nitrogens with one attached hydrogen (secondary N) is 1. The second kappa shape index (κ2) is 5.40. The van der Waals surface area contributed by atoms with E-state index in [2.05, 4.69) is 34.5 Å². The van der Waals surface area contributed by atoms with Gasteiger partial charge in [-0.2, -0.15) is 0 Å². The zero-order valence-electron chi connectivity index (χ0n) is 12.4. The molecule has 1 N–H and O–H groups in total. The van der Waals surface area contributed by atoms with Gasteiger partial charge in [-0.05, 0) is 81.1 Å². The molecule has 1 aromatic rings. The van der Waals surface area contributed by atoms with Gasteiger partial charge >= 0.3 is 0 Å². The molecule has 0 radical (unpaired) electrons. The summed E-state index contributed by atoms with van der Waals surface area (Å²) in [6, 6.07) is 9.91. The van der Waals surface area contributed by atoms with Crippen LogP contribution in [0.1, 0.15) is 44.1 Å². The zero-order valence-corrected chi connectivity index (χ0v) is 12.4. The van der Waals surface area contributed by atoms with Crippen LogP contribution in [0.15, 0.2) is 24.3 Å². The monoisotopic (exact) mass is 270 g/mol. The summed E-state index contributed by atoms with van der Waals surface area (Å²) < 4.78 is 0. The molecule has 0 bridgehead atoms. The lowest BCUT2D eigenvalue weighted by atomic mass is 10.1. The Morgan fingerprint density at radius 3 is 2.40 bits per heavy atom. The summed E-state index contributed by atoms with van der Waals surface area (Å²) in [7, 11) is 0. The molecule has 0 atom stereocenters. The fraction of sp³-hybridized carbons (Fsp3) is 0.667. The Morgan fingerprint density at radius 2 is 1.75 bits per heavy atom. The van der Waals surface area contributed by atoms with E-state index in [-0.39, 0.29) is 0 Å². The number of hydrogen-bond donors (Lipinski definition) is 1. The van der Waals surface area contributed by atoms with Gasteiger partial charge in [0.05, 0.1) is 0 Å². The fourth-order valence-corrected chi connectivity index (χ4v) is 3.68. The van der Waals surface area contributed by atoms with Crippen molar-refractivity contribution in [3.63, 3.8) is 0 Å². The van der Waals surface area contributed by atoms with Gasteiger partial charge in [-0.15, -0.1) is 0 Å². The number of benzene rings is 1. The largest absolute Gasteiger partial charge is 0.382 e. The molecule has 1 aromatic carbocycles. The van der Waals surface area contributed by atoms with Crippen molar-refractivity contribution < 1.29 is 0 Å². The van der Waals surface area contributed by atoms with E-state index in [1.807, 2.05) is 0 Å². The third-order valence-electron chi connectivity index (χ3n) is 5.12. The molecule has 1 saturated heterocycles. The summed E-state index contributed by atoms with van der Waals surface area (Å²) in [4.78, 5) is 2.58. The van der Waals surface area contributed by atoms with Crippen molar-refractivity contribution in [3.05, 3.63) is 29.8 Å². The van der Waals surface area contributed by atoms with Gasteiger partial charge in [0.2, 0.25) is 0 Å². The minimum absolute atomic E-state index is 0.761. The van der Waals surface area contributed by atoms with Crippen LogP contribution in [-0.4, -0.2) is 24.0 Å². The average molecular weight is 270 g/mol. The number of rotatable bonds is 6. The van der Waals surface area contributed by atoms with Crippen molar-refractivity contribution in [1.29, 1.82) is 0 Å². The van der Waals surface area contributed by atoms with Crippen LogP contribution in [0, 0.1) is 11.8 Å². The van der Waals surface area contributed by atoms with Crippen molar-refractivity contribution >= 4 is 5.69 Å². The summed E-state index contributed by atoms with van der Waals surface area (Å²) in [5.41, 5.74) is 2.83. The van der Waals surface area contributed by atoms with Crippen LogP contribution < -0.4 is 5.32 Å². The van der Waals surface area contributed by atoms with E-state index in [9.17, 15) is 0 Å². The van der Waals surface area contributed by atoms with Gasteiger partial charge in [-0.1, -0.05) is 12.1 Å². The lowest BCUT2D eigenvalue weighted by molar-refractivity contribution is 0.331. The molecule has 0 unspecified atom stereocenters. The van der Waals surface area contributed by atoms with Crippen LogP contribution in [0.3, 0.4) is 0 Å². The van der Waals surface area contributed by atoms with Crippen LogP contribution in [-0.2, 0) is 6.54 Å². The molecule has 4 rings (SSSR count). The number of nitrogens with zero attached hydrogens (tertiary/aromatic N) is 1. The summed E-state index contributed by atoms with van der Waals surface area (Å²) >= 11 is 0. The number of likely N-dealkylation sites (tertiary alicyclic amines) is 1. The Morgan fingerprint density at radius 1 is 1.05 bits per heavy atom. The highest BCUT2D eigenvalue weighted by Crippen LogP contribution is 2.45. The predicted molar refractivity (Wildman–Crippen MR) is 83.8 cm³/mol. The third-order valence-corrected chi connectivity index (χ3v) is 5.12. The minimum atomic E-state index is 0.761. The first kappa shape index (κ1) is 12.7. The van der Waals surface area contributed by atoms with Gasteiger partial charge in [0.25, 0.3) is 0 Å². The van der Waals surface area contributed by atoms with E-state index < -0.39 is 0 Å². The molecule has 1 heterocycles. The fourth-order valence-electron chi connectivity index (χ4n) is 3.68. The molecule has 2 aliphatic carbocycles. The van der Waals surface area contributed by atoms with Crippen LogP contribution in [0.2, 0.25) is 0 Å². The van der Waals surface area contributed by atoms with E-state index in [0.717, 1.165) is 24.4 Å². The average Bonchev–Trinajstić information content (AvgIpc) is 3.38. The molecule has 3 fully saturated rings. The summed E-state index contributed by atoms with van der Waals surface area (Å²) in [6.45, 7) is 3.70. The maximum absolute atomic E-state index is 3.85. The third kappa shape index (κ3) is 3.01. The zero-order chi connectivity index (χ0) is 13.4. The molecular formula is C18H26N2. The smallest absolute Gasteiger partial charge is 0.0345 e. The number of anilines is 1. The predicted octanol–water partition coefficient (Wildman–Crippen LogP) is 3.88. The van der Waals surface area contributed by atoms with Gasteiger partial charge in [-0.3, -0.25) is 4.90 Å². The maximum atomic E-state index is 3.85. The maximum Gasteiger partial charge on any atom is 0.0345 e. The first-order chi connectivity index (χ1) is 9.88. The van der Waals surface area contributed by atoms with Gasteiger partial charge in [0.15, 0.2) is 0 Å². The van der Waals surface area contributed by atoms with E-state index in [0.29, 0.717) is 0 Å². The van der Waals surface area contributed by atoms with Gasteiger partial charge in [0, 0.05) is 18.3 Å². The van der Waals surface area contributed by atoms with E-state index in [1.54, 1.807) is 0 Å². The van der Waals surface area contributed by atoms with Crippen molar-refractivity contribution in [2.75, 3.05) is 18.4 Å². The van der Waals surface area contributed by atoms with Crippen LogP contribution in [0.5, 0.6) is 0 Å². The topological polar surface area (TPSA) is 15.3 Å². The molecule has 2 nitrogen and oxygen atoms in total. The standard InChI is InChI=1S/C18H26N2/c1-2-11-20(10-1)13-14-4-3-5-17(12-14)19-18(15-6-7-15)16-8-9-16/h3-5,12,15-16,18-19H,1-2,6-11,13H2. The molecule has 108 valence electrons. The molecule has 0 spiro atoms. The highest BCUT2D eigenvalue weighted by atomic mass is 15.1. The molecule has 1 aliphatic heterocycles. The summed E-state index contributed by atoms with van der Waals surface area (Å²) in [5.74, 6) is 1.93. The van der Waals surface area contributed by atoms with Gasteiger partial charge < -0.3 is 5.32 Å². The van der Waals surface area contributed by atoms with Crippen LogP contribution >= 0.6 is 0 Å². The van der Waals surface area contributed by atoms with E-state index in [1.165, 1.54) is 62.9 Å². The number of hydrogen-bond acceptors (Lipinski definition) is 2. The lowest BCUT2D eigenvalue weighted by Gasteiger charge is -2.20. The van der Waals surface area contributed by atoms with Gasteiger partial charge in [-0.25, -0.2) is 0 Å². The van der Waals surface area contributed by atoms with E-state index in [4.69, 9.17) is 0 Å². The normalized spacial score (nSPS) is 23.4. The Hall–Kier alpha value is -1.02. The Bertz CT molecular complexity index is 444. The van der Waals surface area contributed by atoms with Gasteiger partial charge in [0.1, 0.15) is 0 Å². The highest BCUT2D eigenvalue weighted by Gasteiger charge is 2.41. The van der Waals surface area contributed by atoms with E-state index >= 15 is 0 Å². The second-order valence-corrected chi connectivity index (χ2v) is 7.03. The second-order valence-electron chi connectivity index (χ2n) is 7.03. The first-order valence-electron chi connectivity index (χ1n) is 8.46. The van der Waals surface area contributed by atoms with Crippen molar-refractivity contribution in [1.82, 2.24) is 4.90 Å². The van der Waals surface area contributed by atoms with Crippen molar-refractivity contribution in [2.24, 2.45) is 11.8 Å². The first-order valence-corrected chi connectivity index (χ1v) is 8.46. The van der Waals surface area contributed by atoms with Crippen LogP contribution in [0.25, 0.3) is 0 Å². The molecule has 3 aliphatic rings. The minimum Gasteiger partial charge on any atom is -0.382 e. The Balaban J connectivity index is 1.41. The Labute approximate surface area is 122 Å². The Kier molecular flexibility index (Phi) is 3.43. The van der Waals surface area contributed by atoms with Crippen molar-refractivity contribution in [3.8, 4) is 0 Å². The SMILES string of the molecule is c1cc(CN2CCCC2)cc(NC(C2CC2)C2CC2)c1.